The van der Waals surface area contributed by atoms with E-state index in [4.69, 9.17) is 21.9 Å². The van der Waals surface area contributed by atoms with E-state index in [1.165, 1.54) is 21.7 Å². The van der Waals surface area contributed by atoms with Gasteiger partial charge in [0.25, 0.3) is 0 Å². The van der Waals surface area contributed by atoms with Crippen molar-refractivity contribution in [1.29, 1.82) is 0 Å². The molecule has 2 aromatic heterocycles. The smallest absolute Gasteiger partial charge is 0.335 e. The Labute approximate surface area is 256 Å². The number of carboxylic acid groups (broad SMARTS) is 1. The molecule has 13 nitrogen and oxygen atoms in total. The van der Waals surface area contributed by atoms with E-state index in [0.717, 1.165) is 11.1 Å². The van der Waals surface area contributed by atoms with Gasteiger partial charge in [0, 0.05) is 13.2 Å². The third kappa shape index (κ3) is 6.42. The van der Waals surface area contributed by atoms with Gasteiger partial charge in [-0.2, -0.15) is 0 Å². The first kappa shape index (κ1) is 30.6. The van der Waals surface area contributed by atoms with Gasteiger partial charge in [-0.25, -0.2) is 9.64 Å². The van der Waals surface area contributed by atoms with Gasteiger partial charge in [0.05, 0.1) is 12.1 Å². The van der Waals surface area contributed by atoms with Crippen LogP contribution in [0.3, 0.4) is 0 Å². The van der Waals surface area contributed by atoms with Gasteiger partial charge in [-0.1, -0.05) is 18.2 Å². The predicted molar refractivity (Wildman–Crippen MR) is 165 cm³/mol. The number of carboxylic acids is 1. The summed E-state index contributed by atoms with van der Waals surface area (Å²) in [7, 11) is 0. The van der Waals surface area contributed by atoms with Crippen LogP contribution in [0.15, 0.2) is 60.7 Å². The van der Waals surface area contributed by atoms with Gasteiger partial charge in [-0.15, -0.1) is 30.0 Å². The molecule has 0 spiro atoms. The Morgan fingerprint density at radius 1 is 0.711 bits per heavy atom. The third-order valence-electron chi connectivity index (χ3n) is 7.03. The number of aliphatic hydroxyl groups excluding tert-OH is 2. The number of benzene rings is 4. The summed E-state index contributed by atoms with van der Waals surface area (Å²) in [6.07, 6.45) is 0.953. The molecule has 0 radical (unpaired) electrons. The van der Waals surface area contributed by atoms with E-state index in [1.54, 1.807) is 56.3 Å². The Bertz CT molecular complexity index is 2090. The molecule has 0 saturated carbocycles. The summed E-state index contributed by atoms with van der Waals surface area (Å²) < 4.78 is 0. The van der Waals surface area contributed by atoms with Crippen molar-refractivity contribution >= 4 is 33.7 Å². The second-order valence-electron chi connectivity index (χ2n) is 10.3. The van der Waals surface area contributed by atoms with Crippen LogP contribution in [-0.2, 0) is 12.8 Å². The summed E-state index contributed by atoms with van der Waals surface area (Å²) in [5, 5.41) is 64.9. The maximum Gasteiger partial charge on any atom is 0.335 e. The predicted octanol–water partition coefficient (Wildman–Crippen LogP) is 4.19. The van der Waals surface area contributed by atoms with Crippen molar-refractivity contribution in [3.8, 4) is 22.9 Å². The minimum absolute atomic E-state index is 0.000137. The fourth-order valence-electron chi connectivity index (χ4n) is 4.76. The summed E-state index contributed by atoms with van der Waals surface area (Å²) in [5.74, 6) is -0.886. The zero-order chi connectivity index (χ0) is 32.2. The normalized spacial score (nSPS) is 10.9. The molecule has 6 aromatic rings. The Morgan fingerprint density at radius 3 is 1.64 bits per heavy atom. The quantitative estimate of drug-likeness (QED) is 0.165. The van der Waals surface area contributed by atoms with Crippen molar-refractivity contribution in [3.05, 3.63) is 99.9 Å². The Morgan fingerprint density at radius 2 is 1.18 bits per heavy atom. The van der Waals surface area contributed by atoms with Gasteiger partial charge in [0.1, 0.15) is 44.9 Å². The first-order valence-electron chi connectivity index (χ1n) is 13.8. The standard InChI is InChI=1S/C16H14N4O2.C16H15N3O4/c1-10-7-11(5-6-21)8-15(16(10)22)20-18-13-4-3-12(17-2)9-14(13)19-20;1-9-6-10(4-5-20)7-14(15(9)21)19-17-12-3-2-11(16(22)23)8-13(12)18-19/h3-4,7-9,21-22H,5-6H2,1H3;2-3,6-8,20-21H,4-5H2,1H3,(H,22,23). The zero-order valence-electron chi connectivity index (χ0n) is 24.4. The van der Waals surface area contributed by atoms with Crippen molar-refractivity contribution in [2.75, 3.05) is 13.2 Å². The monoisotopic (exact) mass is 607 g/mol. The van der Waals surface area contributed by atoms with Crippen LogP contribution < -0.4 is 0 Å². The highest BCUT2D eigenvalue weighted by Gasteiger charge is 2.15. The molecule has 0 aliphatic heterocycles. The molecular weight excluding hydrogens is 578 g/mol. The first-order valence-corrected chi connectivity index (χ1v) is 13.8. The highest BCUT2D eigenvalue weighted by molar-refractivity contribution is 5.92. The second-order valence-corrected chi connectivity index (χ2v) is 10.3. The first-order chi connectivity index (χ1) is 21.6. The molecule has 0 bridgehead atoms. The highest BCUT2D eigenvalue weighted by Crippen LogP contribution is 2.29. The van der Waals surface area contributed by atoms with Crippen molar-refractivity contribution in [2.45, 2.75) is 26.7 Å². The van der Waals surface area contributed by atoms with Crippen LogP contribution in [0.25, 0.3) is 38.3 Å². The van der Waals surface area contributed by atoms with E-state index in [0.29, 0.717) is 63.1 Å². The molecule has 0 aliphatic rings. The molecule has 45 heavy (non-hydrogen) atoms. The number of rotatable bonds is 7. The summed E-state index contributed by atoms with van der Waals surface area (Å²) in [4.78, 5) is 17.0. The number of carbonyl (C=O) groups is 1. The lowest BCUT2D eigenvalue weighted by Gasteiger charge is -2.09. The van der Waals surface area contributed by atoms with Gasteiger partial charge in [0.2, 0.25) is 0 Å². The summed E-state index contributed by atoms with van der Waals surface area (Å²) >= 11 is 0. The van der Waals surface area contributed by atoms with E-state index in [2.05, 4.69) is 25.2 Å². The minimum atomic E-state index is -1.04. The molecule has 0 atom stereocenters. The lowest BCUT2D eigenvalue weighted by molar-refractivity contribution is 0.0697. The maximum absolute atomic E-state index is 11.0. The van der Waals surface area contributed by atoms with Crippen LogP contribution in [0.2, 0.25) is 0 Å². The number of aromatic nitrogens is 6. The number of fused-ring (bicyclic) bond motifs is 2. The van der Waals surface area contributed by atoms with Crippen LogP contribution >= 0.6 is 0 Å². The fraction of sp³-hybridized carbons (Fsp3) is 0.188. The van der Waals surface area contributed by atoms with E-state index in [-0.39, 0.29) is 30.3 Å². The van der Waals surface area contributed by atoms with E-state index >= 15 is 0 Å². The van der Waals surface area contributed by atoms with Crippen LogP contribution in [0.4, 0.5) is 5.69 Å². The summed E-state index contributed by atoms with van der Waals surface area (Å²) in [6, 6.07) is 16.6. The SMILES string of the molecule is Cc1cc(CCO)cc(-n2nc3ccc(C(=O)O)cc3n2)c1O.[C-]#[N+]c1ccc2nn(-c3cc(CCO)cc(C)c3O)nc2c1. The van der Waals surface area contributed by atoms with Gasteiger partial charge >= 0.3 is 5.97 Å². The number of hydrogen-bond acceptors (Lipinski definition) is 9. The minimum Gasteiger partial charge on any atom is -0.505 e. The van der Waals surface area contributed by atoms with Gasteiger partial charge < -0.3 is 25.5 Å². The number of nitrogens with zero attached hydrogens (tertiary/aromatic N) is 7. The summed E-state index contributed by atoms with van der Waals surface area (Å²) in [6.45, 7) is 10.6. The Balaban J connectivity index is 0.000000178. The van der Waals surface area contributed by atoms with E-state index < -0.39 is 5.97 Å². The molecular formula is C32H29N7O6. The molecule has 0 fully saturated rings. The highest BCUT2D eigenvalue weighted by atomic mass is 16.4. The van der Waals surface area contributed by atoms with Crippen LogP contribution in [0, 0.1) is 20.4 Å². The van der Waals surface area contributed by atoms with Crippen molar-refractivity contribution < 1.29 is 30.3 Å². The largest absolute Gasteiger partial charge is 0.505 e. The lowest BCUT2D eigenvalue weighted by Crippen LogP contribution is -2.02. The third-order valence-corrected chi connectivity index (χ3v) is 7.03. The van der Waals surface area contributed by atoms with Crippen LogP contribution in [0.1, 0.15) is 32.6 Å². The molecule has 0 saturated heterocycles. The number of aliphatic hydroxyl groups is 2. The topological polar surface area (TPSA) is 184 Å². The number of aryl methyl sites for hydroxylation is 2. The lowest BCUT2D eigenvalue weighted by atomic mass is 10.1. The summed E-state index contributed by atoms with van der Waals surface area (Å²) in [5.41, 5.74) is 6.77. The molecule has 0 unspecified atom stereocenters. The van der Waals surface area contributed by atoms with Gasteiger partial charge in [0.15, 0.2) is 5.69 Å². The van der Waals surface area contributed by atoms with Gasteiger partial charge in [-0.3, -0.25) is 0 Å². The van der Waals surface area contributed by atoms with Crippen molar-refractivity contribution in [2.24, 2.45) is 0 Å². The average molecular weight is 608 g/mol. The second kappa shape index (κ2) is 12.8. The fourth-order valence-corrected chi connectivity index (χ4v) is 4.76. The van der Waals surface area contributed by atoms with Gasteiger partial charge in [-0.05, 0) is 91.4 Å². The van der Waals surface area contributed by atoms with Crippen molar-refractivity contribution in [3.63, 3.8) is 0 Å². The Kier molecular flexibility index (Phi) is 8.71. The Hall–Kier alpha value is -5.84. The maximum atomic E-state index is 11.0. The average Bonchev–Trinajstić information content (AvgIpc) is 3.64. The number of phenolic OH excluding ortho intramolecular Hbond substituents is 2. The molecule has 4 aromatic carbocycles. The molecule has 5 N–H and O–H groups in total. The molecule has 0 amide bonds. The molecule has 6 rings (SSSR count). The molecule has 228 valence electrons. The van der Waals surface area contributed by atoms with E-state index in [1.807, 2.05) is 6.07 Å². The number of aromatic carboxylic acids is 1. The van der Waals surface area contributed by atoms with E-state index in [9.17, 15) is 15.0 Å². The van der Waals surface area contributed by atoms with Crippen molar-refractivity contribution in [1.82, 2.24) is 30.0 Å². The van der Waals surface area contributed by atoms with Crippen LogP contribution in [-0.4, -0.2) is 74.7 Å². The molecule has 0 aliphatic carbocycles. The number of hydrogen-bond donors (Lipinski definition) is 5. The molecule has 13 heteroatoms. The number of phenols is 2. The number of aromatic hydroxyl groups is 2. The van der Waals surface area contributed by atoms with Crippen LogP contribution in [0.5, 0.6) is 11.5 Å². The zero-order valence-corrected chi connectivity index (χ0v) is 24.4. The molecule has 2 heterocycles.